The maximum atomic E-state index is 12.7. The Morgan fingerprint density at radius 2 is 1.10 bits per heavy atom. The van der Waals surface area contributed by atoms with Crippen molar-refractivity contribution in [1.82, 2.24) is 0 Å². The highest BCUT2D eigenvalue weighted by Gasteiger charge is 2.15. The number of carbonyl (C=O) groups excluding carboxylic acids is 2. The van der Waals surface area contributed by atoms with Crippen molar-refractivity contribution in [3.63, 3.8) is 0 Å². The molecule has 0 aliphatic rings. The van der Waals surface area contributed by atoms with Gasteiger partial charge in [-0.15, -0.1) is 0 Å². The van der Waals surface area contributed by atoms with Crippen LogP contribution in [-0.4, -0.2) is 11.9 Å². The van der Waals surface area contributed by atoms with Crippen molar-refractivity contribution in [2.45, 2.75) is 90.9 Å². The van der Waals surface area contributed by atoms with E-state index in [0.29, 0.717) is 11.1 Å². The molecule has 0 N–H and O–H groups in total. The molecule has 0 aliphatic heterocycles. The first-order chi connectivity index (χ1) is 19.5. The van der Waals surface area contributed by atoms with Crippen LogP contribution in [0.4, 0.5) is 0 Å². The zero-order chi connectivity index (χ0) is 28.6. The third-order valence-electron chi connectivity index (χ3n) is 7.00. The average molecular weight is 540 g/mol. The number of aryl methyl sites for hydroxylation is 2. The number of benzene rings is 3. The number of hydrogen-bond donors (Lipinski definition) is 0. The molecule has 5 heteroatoms. The second-order valence-electron chi connectivity index (χ2n) is 10.3. The third-order valence-corrected chi connectivity index (χ3v) is 7.00. The molecule has 3 aromatic rings. The highest BCUT2D eigenvalue weighted by atomic mass is 16.5. The Morgan fingerprint density at radius 1 is 0.625 bits per heavy atom. The van der Waals surface area contributed by atoms with Crippen molar-refractivity contribution in [1.29, 1.82) is 5.26 Å². The predicted molar refractivity (Wildman–Crippen MR) is 159 cm³/mol. The number of nitriles is 1. The Hall–Kier alpha value is -3.91. The van der Waals surface area contributed by atoms with Crippen LogP contribution in [0.3, 0.4) is 0 Å². The van der Waals surface area contributed by atoms with E-state index in [9.17, 15) is 14.9 Å². The zero-order valence-electron chi connectivity index (χ0n) is 23.9. The third kappa shape index (κ3) is 10.0. The van der Waals surface area contributed by atoms with Crippen molar-refractivity contribution in [2.75, 3.05) is 0 Å². The maximum Gasteiger partial charge on any atom is 0.343 e. The van der Waals surface area contributed by atoms with Gasteiger partial charge in [0, 0.05) is 6.07 Å². The number of esters is 2. The average Bonchev–Trinajstić information content (AvgIpc) is 2.98. The highest BCUT2D eigenvalue weighted by Crippen LogP contribution is 2.25. The Balaban J connectivity index is 1.53. The van der Waals surface area contributed by atoms with E-state index in [0.717, 1.165) is 25.7 Å². The summed E-state index contributed by atoms with van der Waals surface area (Å²) in [6.07, 6.45) is 14.2. The van der Waals surface area contributed by atoms with Crippen LogP contribution in [0.2, 0.25) is 0 Å². The minimum Gasteiger partial charge on any atom is -0.423 e. The fourth-order valence-corrected chi connectivity index (χ4v) is 4.55. The SMILES string of the molecule is CCCCCCCc1ccc(C(=O)Oc2ccc(OC(=O)c3ccc(CCCCCCC)cc3)c(C#N)c2)cc1. The van der Waals surface area contributed by atoms with E-state index >= 15 is 0 Å². The molecule has 0 aromatic heterocycles. The summed E-state index contributed by atoms with van der Waals surface area (Å²) in [6.45, 7) is 4.41. The van der Waals surface area contributed by atoms with Gasteiger partial charge in [-0.2, -0.15) is 5.26 Å². The lowest BCUT2D eigenvalue weighted by Gasteiger charge is -2.10. The van der Waals surface area contributed by atoms with Crippen LogP contribution < -0.4 is 9.47 Å². The molecule has 0 saturated carbocycles. The van der Waals surface area contributed by atoms with Gasteiger partial charge in [0.15, 0.2) is 0 Å². The minimum atomic E-state index is -0.541. The molecule has 0 amide bonds. The molecule has 0 aliphatic carbocycles. The number of rotatable bonds is 16. The molecule has 5 nitrogen and oxygen atoms in total. The number of carbonyl (C=O) groups is 2. The Kier molecular flexibility index (Phi) is 13.0. The van der Waals surface area contributed by atoms with Gasteiger partial charge < -0.3 is 9.47 Å². The largest absolute Gasteiger partial charge is 0.423 e. The molecule has 40 heavy (non-hydrogen) atoms. The van der Waals surface area contributed by atoms with E-state index in [1.165, 1.54) is 80.7 Å². The Morgan fingerprint density at radius 3 is 1.57 bits per heavy atom. The number of nitrogens with zero attached hydrogens (tertiary/aromatic N) is 1. The lowest BCUT2D eigenvalue weighted by Crippen LogP contribution is -2.11. The Labute approximate surface area is 239 Å². The van der Waals surface area contributed by atoms with Crippen molar-refractivity contribution in [3.05, 3.63) is 94.5 Å². The summed E-state index contributed by atoms with van der Waals surface area (Å²) < 4.78 is 11.0. The molecular formula is C35H41NO4. The zero-order valence-corrected chi connectivity index (χ0v) is 23.9. The van der Waals surface area contributed by atoms with E-state index in [1.807, 2.05) is 30.3 Å². The van der Waals surface area contributed by atoms with Crippen LogP contribution in [0.1, 0.15) is 115 Å². The molecule has 210 valence electrons. The molecule has 0 unspecified atom stereocenters. The van der Waals surface area contributed by atoms with Gasteiger partial charge in [-0.1, -0.05) is 89.5 Å². The maximum absolute atomic E-state index is 12.7. The topological polar surface area (TPSA) is 76.4 Å². The van der Waals surface area contributed by atoms with Crippen molar-refractivity contribution in [2.24, 2.45) is 0 Å². The van der Waals surface area contributed by atoms with Crippen LogP contribution in [0.15, 0.2) is 66.7 Å². The van der Waals surface area contributed by atoms with Crippen LogP contribution in [0, 0.1) is 11.3 Å². The van der Waals surface area contributed by atoms with Gasteiger partial charge in [-0.3, -0.25) is 0 Å². The van der Waals surface area contributed by atoms with E-state index in [1.54, 1.807) is 24.3 Å². The number of unbranched alkanes of at least 4 members (excludes halogenated alkanes) is 8. The molecule has 0 fully saturated rings. The molecule has 3 aromatic carbocycles. The normalized spacial score (nSPS) is 10.6. The second-order valence-corrected chi connectivity index (χ2v) is 10.3. The molecule has 0 radical (unpaired) electrons. The summed E-state index contributed by atoms with van der Waals surface area (Å²) in [5, 5.41) is 9.62. The van der Waals surface area contributed by atoms with Gasteiger partial charge in [-0.05, 0) is 73.2 Å². The van der Waals surface area contributed by atoms with E-state index in [-0.39, 0.29) is 17.1 Å². The smallest absolute Gasteiger partial charge is 0.343 e. The van der Waals surface area contributed by atoms with E-state index in [4.69, 9.17) is 9.47 Å². The highest BCUT2D eigenvalue weighted by molar-refractivity contribution is 5.92. The molecular weight excluding hydrogens is 498 g/mol. The molecule has 0 spiro atoms. The summed E-state index contributed by atoms with van der Waals surface area (Å²) in [6, 6.07) is 21.3. The monoisotopic (exact) mass is 539 g/mol. The first-order valence-electron chi connectivity index (χ1n) is 14.7. The van der Waals surface area contributed by atoms with Gasteiger partial charge in [0.1, 0.15) is 17.6 Å². The first kappa shape index (κ1) is 30.6. The van der Waals surface area contributed by atoms with Crippen molar-refractivity contribution in [3.8, 4) is 17.6 Å². The first-order valence-corrected chi connectivity index (χ1v) is 14.7. The van der Waals surface area contributed by atoms with Gasteiger partial charge >= 0.3 is 11.9 Å². The van der Waals surface area contributed by atoms with Crippen molar-refractivity contribution >= 4 is 11.9 Å². The summed E-state index contributed by atoms with van der Waals surface area (Å²) in [5.74, 6) is -0.713. The van der Waals surface area contributed by atoms with Crippen LogP contribution in [0.25, 0.3) is 0 Å². The van der Waals surface area contributed by atoms with Crippen molar-refractivity contribution < 1.29 is 19.1 Å². The van der Waals surface area contributed by atoms with Gasteiger partial charge in [0.05, 0.1) is 16.7 Å². The fraction of sp³-hybridized carbons (Fsp3) is 0.400. The molecule has 3 rings (SSSR count). The summed E-state index contributed by atoms with van der Waals surface area (Å²) >= 11 is 0. The van der Waals surface area contributed by atoms with Crippen LogP contribution in [-0.2, 0) is 12.8 Å². The number of ether oxygens (including phenoxy) is 2. The predicted octanol–water partition coefficient (Wildman–Crippen LogP) is 9.02. The molecule has 0 saturated heterocycles. The summed E-state index contributed by atoms with van der Waals surface area (Å²) in [7, 11) is 0. The fourth-order valence-electron chi connectivity index (χ4n) is 4.55. The van der Waals surface area contributed by atoms with Gasteiger partial charge in [-0.25, -0.2) is 9.59 Å². The quantitative estimate of drug-likeness (QED) is 0.103. The van der Waals surface area contributed by atoms with Crippen LogP contribution >= 0.6 is 0 Å². The molecule has 0 bridgehead atoms. The number of hydrogen-bond acceptors (Lipinski definition) is 5. The van der Waals surface area contributed by atoms with E-state index < -0.39 is 11.9 Å². The second kappa shape index (κ2) is 16.9. The Bertz CT molecular complexity index is 1260. The lowest BCUT2D eigenvalue weighted by molar-refractivity contribution is 0.0719. The minimum absolute atomic E-state index is 0.112. The summed E-state index contributed by atoms with van der Waals surface area (Å²) in [4.78, 5) is 25.4. The molecule has 0 heterocycles. The van der Waals surface area contributed by atoms with E-state index in [2.05, 4.69) is 13.8 Å². The van der Waals surface area contributed by atoms with Gasteiger partial charge in [0.25, 0.3) is 0 Å². The summed E-state index contributed by atoms with van der Waals surface area (Å²) in [5.41, 5.74) is 3.35. The standard InChI is InChI=1S/C35H41NO4/c1-3-5-7-9-11-13-27-15-19-29(20-16-27)34(37)39-32-23-24-33(31(25-32)26-36)40-35(38)30-21-17-28(18-22-30)14-12-10-8-6-4-2/h15-25H,3-14H2,1-2H3. The molecule has 0 atom stereocenters. The lowest BCUT2D eigenvalue weighted by atomic mass is 10.0. The van der Waals surface area contributed by atoms with Crippen LogP contribution in [0.5, 0.6) is 11.5 Å². The van der Waals surface area contributed by atoms with Gasteiger partial charge in [0.2, 0.25) is 0 Å².